The van der Waals surface area contributed by atoms with Crippen LogP contribution in [0.5, 0.6) is 5.75 Å². The molecule has 0 aromatic heterocycles. The van der Waals surface area contributed by atoms with Crippen molar-refractivity contribution in [3.63, 3.8) is 0 Å². The van der Waals surface area contributed by atoms with Crippen LogP contribution in [-0.4, -0.2) is 25.0 Å². The zero-order valence-corrected chi connectivity index (χ0v) is 13.3. The number of benzene rings is 2. The van der Waals surface area contributed by atoms with Crippen molar-refractivity contribution in [3.05, 3.63) is 65.7 Å². The number of carbonyl (C=O) groups excluding carboxylic acids is 2. The maximum atomic E-state index is 12.3. The number of anilines is 1. The fourth-order valence-electron chi connectivity index (χ4n) is 2.52. The topological polar surface area (TPSA) is 91.2 Å². The standard InChI is InChI=1S/C19H15N3O3/c20-12-15(17-14-8-4-5-9-16(14)22-19(17)24)18(23)21-10-11-25-13-6-2-1-3-7-13/h1-9H,10-11H2,(H,21,23)(H,22,24)/b17-15-. The Hall–Kier alpha value is -3.59. The number of nitrogens with zero attached hydrogens (tertiary/aromatic N) is 1. The maximum Gasteiger partial charge on any atom is 0.262 e. The Morgan fingerprint density at radius 3 is 2.60 bits per heavy atom. The minimum absolute atomic E-state index is 0.0968. The third-order valence-corrected chi connectivity index (χ3v) is 3.66. The molecular weight excluding hydrogens is 318 g/mol. The lowest BCUT2D eigenvalue weighted by atomic mass is 10.0. The fraction of sp³-hybridized carbons (Fsp3) is 0.105. The Bertz CT molecular complexity index is 882. The summed E-state index contributed by atoms with van der Waals surface area (Å²) in [4.78, 5) is 24.4. The highest BCUT2D eigenvalue weighted by Crippen LogP contribution is 2.33. The van der Waals surface area contributed by atoms with E-state index in [0.717, 1.165) is 0 Å². The van der Waals surface area contributed by atoms with Crippen LogP contribution in [-0.2, 0) is 9.59 Å². The van der Waals surface area contributed by atoms with Crippen LogP contribution in [0.2, 0.25) is 0 Å². The molecule has 1 heterocycles. The Morgan fingerprint density at radius 1 is 1.12 bits per heavy atom. The molecule has 6 nitrogen and oxygen atoms in total. The summed E-state index contributed by atoms with van der Waals surface area (Å²) in [7, 11) is 0. The second-order valence-corrected chi connectivity index (χ2v) is 5.28. The molecule has 0 bridgehead atoms. The van der Waals surface area contributed by atoms with E-state index in [9.17, 15) is 14.9 Å². The van der Waals surface area contributed by atoms with Gasteiger partial charge in [0.2, 0.25) is 0 Å². The van der Waals surface area contributed by atoms with Gasteiger partial charge in [-0.3, -0.25) is 9.59 Å². The van der Waals surface area contributed by atoms with Crippen LogP contribution in [0.4, 0.5) is 5.69 Å². The van der Waals surface area contributed by atoms with E-state index in [1.54, 1.807) is 24.3 Å². The van der Waals surface area contributed by atoms with Gasteiger partial charge in [-0.15, -0.1) is 0 Å². The minimum atomic E-state index is -0.596. The molecule has 124 valence electrons. The Kier molecular flexibility index (Phi) is 4.77. The Morgan fingerprint density at radius 2 is 1.84 bits per heavy atom. The maximum absolute atomic E-state index is 12.3. The zero-order valence-electron chi connectivity index (χ0n) is 13.3. The first-order valence-corrected chi connectivity index (χ1v) is 7.72. The third-order valence-electron chi connectivity index (χ3n) is 3.66. The van der Waals surface area contributed by atoms with E-state index >= 15 is 0 Å². The van der Waals surface area contributed by atoms with E-state index in [1.165, 1.54) is 0 Å². The number of amides is 2. The van der Waals surface area contributed by atoms with Gasteiger partial charge in [-0.05, 0) is 18.2 Å². The van der Waals surface area contributed by atoms with Crippen molar-refractivity contribution in [2.24, 2.45) is 0 Å². The summed E-state index contributed by atoms with van der Waals surface area (Å²) in [5, 5.41) is 14.6. The molecule has 25 heavy (non-hydrogen) atoms. The normalized spacial score (nSPS) is 14.1. The van der Waals surface area contributed by atoms with E-state index in [1.807, 2.05) is 36.4 Å². The molecule has 0 radical (unpaired) electrons. The first kappa shape index (κ1) is 16.3. The third kappa shape index (κ3) is 3.51. The highest BCUT2D eigenvalue weighted by Gasteiger charge is 2.29. The molecule has 3 rings (SSSR count). The number of rotatable bonds is 5. The van der Waals surface area contributed by atoms with Gasteiger partial charge in [0.25, 0.3) is 11.8 Å². The second kappa shape index (κ2) is 7.32. The van der Waals surface area contributed by atoms with Crippen molar-refractivity contribution < 1.29 is 14.3 Å². The quantitative estimate of drug-likeness (QED) is 0.498. The molecule has 0 atom stereocenters. The fourth-order valence-corrected chi connectivity index (χ4v) is 2.52. The van der Waals surface area contributed by atoms with Crippen molar-refractivity contribution in [3.8, 4) is 11.8 Å². The van der Waals surface area contributed by atoms with Gasteiger partial charge in [0, 0.05) is 11.3 Å². The summed E-state index contributed by atoms with van der Waals surface area (Å²) < 4.78 is 5.48. The van der Waals surface area contributed by atoms with Gasteiger partial charge in [-0.1, -0.05) is 36.4 Å². The number of hydrogen-bond donors (Lipinski definition) is 2. The van der Waals surface area contributed by atoms with Gasteiger partial charge >= 0.3 is 0 Å². The summed E-state index contributed by atoms with van der Waals surface area (Å²) in [5.41, 5.74) is 1.04. The second-order valence-electron chi connectivity index (χ2n) is 5.28. The number of nitrogens with one attached hydrogen (secondary N) is 2. The lowest BCUT2D eigenvalue weighted by Gasteiger charge is -2.08. The van der Waals surface area contributed by atoms with Crippen LogP contribution in [0.25, 0.3) is 5.57 Å². The smallest absolute Gasteiger partial charge is 0.262 e. The van der Waals surface area contributed by atoms with Crippen LogP contribution in [0, 0.1) is 11.3 Å². The predicted octanol–water partition coefficient (Wildman–Crippen LogP) is 2.11. The molecule has 0 aliphatic carbocycles. The van der Waals surface area contributed by atoms with E-state index < -0.39 is 11.8 Å². The van der Waals surface area contributed by atoms with Crippen LogP contribution < -0.4 is 15.4 Å². The summed E-state index contributed by atoms with van der Waals surface area (Å²) in [6.07, 6.45) is 0. The average Bonchev–Trinajstić information content (AvgIpc) is 2.97. The van der Waals surface area contributed by atoms with E-state index in [0.29, 0.717) is 17.0 Å². The molecule has 6 heteroatoms. The predicted molar refractivity (Wildman–Crippen MR) is 92.6 cm³/mol. The largest absolute Gasteiger partial charge is 0.492 e. The van der Waals surface area contributed by atoms with Crippen molar-refractivity contribution >= 4 is 23.1 Å². The molecular formula is C19H15N3O3. The molecule has 0 saturated heterocycles. The van der Waals surface area contributed by atoms with Gasteiger partial charge in [0.05, 0.1) is 12.1 Å². The van der Waals surface area contributed by atoms with E-state index in [4.69, 9.17) is 4.74 Å². The van der Waals surface area contributed by atoms with Crippen LogP contribution in [0.1, 0.15) is 5.56 Å². The number of fused-ring (bicyclic) bond motifs is 1. The first-order valence-electron chi connectivity index (χ1n) is 7.72. The van der Waals surface area contributed by atoms with Crippen molar-refractivity contribution in [1.82, 2.24) is 5.32 Å². The summed E-state index contributed by atoms with van der Waals surface area (Å²) in [6.45, 7) is 0.474. The van der Waals surface area contributed by atoms with Gasteiger partial charge in [0.15, 0.2) is 0 Å². The number of nitriles is 1. The Balaban J connectivity index is 1.68. The molecule has 0 fully saturated rings. The zero-order chi connectivity index (χ0) is 17.6. The van der Waals surface area contributed by atoms with Crippen molar-refractivity contribution in [2.75, 3.05) is 18.5 Å². The minimum Gasteiger partial charge on any atom is -0.492 e. The molecule has 2 aromatic carbocycles. The molecule has 0 unspecified atom stereocenters. The van der Waals surface area contributed by atoms with Gasteiger partial charge in [-0.2, -0.15) is 5.26 Å². The lowest BCUT2D eigenvalue weighted by Crippen LogP contribution is -2.30. The highest BCUT2D eigenvalue weighted by atomic mass is 16.5. The molecule has 2 N–H and O–H groups in total. The molecule has 1 aliphatic rings. The van der Waals surface area contributed by atoms with Gasteiger partial charge in [0.1, 0.15) is 24.0 Å². The van der Waals surface area contributed by atoms with Crippen molar-refractivity contribution in [1.29, 1.82) is 5.26 Å². The molecule has 2 amide bonds. The number of para-hydroxylation sites is 2. The Labute approximate surface area is 144 Å². The average molecular weight is 333 g/mol. The van der Waals surface area contributed by atoms with Gasteiger partial charge in [-0.25, -0.2) is 0 Å². The highest BCUT2D eigenvalue weighted by molar-refractivity contribution is 6.36. The van der Waals surface area contributed by atoms with Gasteiger partial charge < -0.3 is 15.4 Å². The van der Waals surface area contributed by atoms with E-state index in [-0.39, 0.29) is 24.3 Å². The first-order chi connectivity index (χ1) is 12.2. The van der Waals surface area contributed by atoms with Crippen molar-refractivity contribution in [2.45, 2.75) is 0 Å². The summed E-state index contributed by atoms with van der Waals surface area (Å²) >= 11 is 0. The summed E-state index contributed by atoms with van der Waals surface area (Å²) in [5.74, 6) is -0.353. The molecule has 2 aromatic rings. The molecule has 0 saturated carbocycles. The SMILES string of the molecule is N#C/C(C(=O)NCCOc1ccccc1)=C1/C(=O)Nc2ccccc21. The van der Waals surface area contributed by atoms with E-state index in [2.05, 4.69) is 10.6 Å². The monoisotopic (exact) mass is 333 g/mol. The number of carbonyl (C=O) groups is 2. The lowest BCUT2D eigenvalue weighted by molar-refractivity contribution is -0.117. The number of hydrogen-bond acceptors (Lipinski definition) is 4. The van der Waals surface area contributed by atoms with Crippen LogP contribution in [0.3, 0.4) is 0 Å². The van der Waals surface area contributed by atoms with Crippen LogP contribution in [0.15, 0.2) is 60.2 Å². The molecule has 1 aliphatic heterocycles. The van der Waals surface area contributed by atoms with Crippen LogP contribution >= 0.6 is 0 Å². The summed E-state index contributed by atoms with van der Waals surface area (Å²) in [6, 6.07) is 18.0. The number of ether oxygens (including phenoxy) is 1. The molecule has 0 spiro atoms.